The first kappa shape index (κ1) is 13.6. The molecule has 0 aliphatic carbocycles. The van der Waals surface area contributed by atoms with E-state index in [1.165, 1.54) is 22.6 Å². The molecule has 0 atom stereocenters. The predicted molar refractivity (Wildman–Crippen MR) is 83.9 cm³/mol. The Morgan fingerprint density at radius 3 is 2.78 bits per heavy atom. The van der Waals surface area contributed by atoms with Crippen LogP contribution in [0, 0.1) is 19.7 Å². The van der Waals surface area contributed by atoms with Gasteiger partial charge in [0.15, 0.2) is 11.3 Å². The number of fused-ring (bicyclic) bond motifs is 2. The fourth-order valence-corrected chi connectivity index (χ4v) is 2.70. The second kappa shape index (κ2) is 4.74. The number of pyridine rings is 2. The zero-order valence-electron chi connectivity index (χ0n) is 12.5. The van der Waals surface area contributed by atoms with E-state index in [9.17, 15) is 9.18 Å². The summed E-state index contributed by atoms with van der Waals surface area (Å²) in [5.74, 6) is -0.00511. The van der Waals surface area contributed by atoms with E-state index >= 15 is 0 Å². The second-order valence-corrected chi connectivity index (χ2v) is 5.43. The van der Waals surface area contributed by atoms with E-state index in [1.807, 2.05) is 26.0 Å². The summed E-state index contributed by atoms with van der Waals surface area (Å²) in [6.45, 7) is 3.78. The molecule has 4 heterocycles. The molecule has 4 rings (SSSR count). The van der Waals surface area contributed by atoms with Crippen LogP contribution in [-0.4, -0.2) is 14.4 Å². The number of aryl methyl sites for hydroxylation is 2. The predicted octanol–water partition coefficient (Wildman–Crippen LogP) is 3.26. The SMILES string of the molecule is Cc1cc2cc(-c3cc(=O)n4cc(F)ccc4n3)oc2c(C)n1. The van der Waals surface area contributed by atoms with Crippen LogP contribution in [0.4, 0.5) is 4.39 Å². The van der Waals surface area contributed by atoms with E-state index in [1.54, 1.807) is 0 Å². The number of aromatic nitrogens is 3. The highest BCUT2D eigenvalue weighted by molar-refractivity contribution is 5.84. The summed E-state index contributed by atoms with van der Waals surface area (Å²) in [7, 11) is 0. The molecule has 0 fully saturated rings. The lowest BCUT2D eigenvalue weighted by Gasteiger charge is -2.02. The maximum Gasteiger partial charge on any atom is 0.258 e. The highest BCUT2D eigenvalue weighted by Crippen LogP contribution is 2.28. The molecule has 0 aliphatic heterocycles. The van der Waals surface area contributed by atoms with Gasteiger partial charge in [-0.15, -0.1) is 0 Å². The van der Waals surface area contributed by atoms with Crippen molar-refractivity contribution in [3.63, 3.8) is 0 Å². The fourth-order valence-electron chi connectivity index (χ4n) is 2.70. The average molecular weight is 309 g/mol. The lowest BCUT2D eigenvalue weighted by molar-refractivity contribution is 0.616. The Bertz CT molecular complexity index is 1130. The van der Waals surface area contributed by atoms with Crippen LogP contribution in [-0.2, 0) is 0 Å². The van der Waals surface area contributed by atoms with E-state index in [2.05, 4.69) is 9.97 Å². The van der Waals surface area contributed by atoms with Crippen molar-refractivity contribution in [2.75, 3.05) is 0 Å². The number of hydrogen-bond donors (Lipinski definition) is 0. The molecule has 0 unspecified atom stereocenters. The highest BCUT2D eigenvalue weighted by Gasteiger charge is 2.13. The number of nitrogens with zero attached hydrogens (tertiary/aromatic N) is 3. The minimum atomic E-state index is -0.491. The third-order valence-corrected chi connectivity index (χ3v) is 3.67. The number of halogens is 1. The van der Waals surface area contributed by atoms with Crippen molar-refractivity contribution in [2.24, 2.45) is 0 Å². The zero-order valence-corrected chi connectivity index (χ0v) is 12.5. The van der Waals surface area contributed by atoms with Crippen LogP contribution in [0.1, 0.15) is 11.4 Å². The third kappa shape index (κ3) is 2.19. The Morgan fingerprint density at radius 2 is 1.96 bits per heavy atom. The Labute approximate surface area is 130 Å². The van der Waals surface area contributed by atoms with Gasteiger partial charge in [0.25, 0.3) is 5.56 Å². The Hall–Kier alpha value is -3.02. The number of furan rings is 1. The first-order valence-corrected chi connectivity index (χ1v) is 7.08. The van der Waals surface area contributed by atoms with E-state index in [4.69, 9.17) is 4.42 Å². The normalized spacial score (nSPS) is 11.4. The Morgan fingerprint density at radius 1 is 1.13 bits per heavy atom. The molecule has 114 valence electrons. The van der Waals surface area contributed by atoms with Gasteiger partial charge in [0.1, 0.15) is 17.2 Å². The molecule has 0 aliphatic rings. The van der Waals surface area contributed by atoms with E-state index in [-0.39, 0.29) is 5.56 Å². The molecule has 5 nitrogen and oxygen atoms in total. The third-order valence-electron chi connectivity index (χ3n) is 3.67. The molecule has 0 saturated carbocycles. The maximum atomic E-state index is 13.2. The van der Waals surface area contributed by atoms with Crippen LogP contribution in [0.25, 0.3) is 28.1 Å². The van der Waals surface area contributed by atoms with Gasteiger partial charge in [-0.1, -0.05) is 0 Å². The van der Waals surface area contributed by atoms with Crippen LogP contribution in [0.5, 0.6) is 0 Å². The molecule has 0 spiro atoms. The molecule has 0 amide bonds. The molecular formula is C17H12FN3O2. The highest BCUT2D eigenvalue weighted by atomic mass is 19.1. The van der Waals surface area contributed by atoms with Gasteiger partial charge in [0, 0.05) is 23.3 Å². The Kier molecular flexibility index (Phi) is 2.81. The van der Waals surface area contributed by atoms with Crippen LogP contribution in [0.2, 0.25) is 0 Å². The lowest BCUT2D eigenvalue weighted by atomic mass is 10.2. The summed E-state index contributed by atoms with van der Waals surface area (Å²) in [4.78, 5) is 20.9. The van der Waals surface area contributed by atoms with Gasteiger partial charge < -0.3 is 4.42 Å². The maximum absolute atomic E-state index is 13.2. The molecule has 0 bridgehead atoms. The lowest BCUT2D eigenvalue weighted by Crippen LogP contribution is -2.14. The molecule has 0 aromatic carbocycles. The van der Waals surface area contributed by atoms with Crippen molar-refractivity contribution in [3.8, 4) is 11.5 Å². The average Bonchev–Trinajstić information content (AvgIpc) is 2.92. The largest absolute Gasteiger partial charge is 0.453 e. The zero-order chi connectivity index (χ0) is 16.1. The van der Waals surface area contributed by atoms with Gasteiger partial charge in [-0.2, -0.15) is 0 Å². The van der Waals surface area contributed by atoms with Gasteiger partial charge in [-0.25, -0.2) is 9.37 Å². The number of hydrogen-bond acceptors (Lipinski definition) is 4. The molecule has 0 N–H and O–H groups in total. The van der Waals surface area contributed by atoms with Crippen molar-refractivity contribution >= 4 is 16.6 Å². The minimum absolute atomic E-state index is 0.361. The van der Waals surface area contributed by atoms with E-state index in [0.29, 0.717) is 22.7 Å². The summed E-state index contributed by atoms with van der Waals surface area (Å²) in [5, 5.41) is 0.908. The smallest absolute Gasteiger partial charge is 0.258 e. The summed E-state index contributed by atoms with van der Waals surface area (Å²) < 4.78 is 20.2. The molecule has 23 heavy (non-hydrogen) atoms. The van der Waals surface area contributed by atoms with E-state index < -0.39 is 5.82 Å². The van der Waals surface area contributed by atoms with Crippen molar-refractivity contribution in [1.82, 2.24) is 14.4 Å². The van der Waals surface area contributed by atoms with Crippen LogP contribution >= 0.6 is 0 Å². The topological polar surface area (TPSA) is 60.4 Å². The van der Waals surface area contributed by atoms with E-state index in [0.717, 1.165) is 23.0 Å². The summed E-state index contributed by atoms with van der Waals surface area (Å²) in [5.41, 5.74) is 2.76. The Balaban J connectivity index is 1.97. The van der Waals surface area contributed by atoms with Gasteiger partial charge >= 0.3 is 0 Å². The molecular weight excluding hydrogens is 297 g/mol. The minimum Gasteiger partial charge on any atom is -0.453 e. The second-order valence-electron chi connectivity index (χ2n) is 5.43. The quantitative estimate of drug-likeness (QED) is 0.541. The summed E-state index contributed by atoms with van der Waals surface area (Å²) in [6, 6.07) is 7.80. The molecule has 6 heteroatoms. The van der Waals surface area contributed by atoms with Crippen molar-refractivity contribution in [1.29, 1.82) is 0 Å². The molecule has 4 aromatic heterocycles. The van der Waals surface area contributed by atoms with Crippen LogP contribution in [0.3, 0.4) is 0 Å². The van der Waals surface area contributed by atoms with Gasteiger partial charge in [-0.05, 0) is 38.1 Å². The monoisotopic (exact) mass is 309 g/mol. The first-order valence-electron chi connectivity index (χ1n) is 7.08. The summed E-state index contributed by atoms with van der Waals surface area (Å²) >= 11 is 0. The van der Waals surface area contributed by atoms with Crippen molar-refractivity contribution < 1.29 is 8.81 Å². The standard InChI is InChI=1S/C17H12FN3O2/c1-9-5-11-6-14(23-17(11)10(2)19-9)13-7-16(22)21-8-12(18)3-4-15(21)20-13/h3-8H,1-2H3. The van der Waals surface area contributed by atoms with Gasteiger partial charge in [0.2, 0.25) is 0 Å². The first-order chi connectivity index (χ1) is 11.0. The van der Waals surface area contributed by atoms with Crippen LogP contribution < -0.4 is 5.56 Å². The number of rotatable bonds is 1. The molecule has 4 aromatic rings. The summed E-state index contributed by atoms with van der Waals surface area (Å²) in [6.07, 6.45) is 1.12. The fraction of sp³-hybridized carbons (Fsp3) is 0.118. The van der Waals surface area contributed by atoms with Crippen molar-refractivity contribution in [2.45, 2.75) is 13.8 Å². The molecule has 0 radical (unpaired) electrons. The van der Waals surface area contributed by atoms with Gasteiger partial charge in [0.05, 0.1) is 5.69 Å². The van der Waals surface area contributed by atoms with Gasteiger partial charge in [-0.3, -0.25) is 14.2 Å². The van der Waals surface area contributed by atoms with Crippen LogP contribution in [0.15, 0.2) is 45.7 Å². The molecule has 0 saturated heterocycles. The van der Waals surface area contributed by atoms with Crippen molar-refractivity contribution in [3.05, 3.63) is 64.1 Å².